The summed E-state index contributed by atoms with van der Waals surface area (Å²) in [4.78, 5) is 16.0. The molecule has 0 radical (unpaired) electrons. The first kappa shape index (κ1) is 15.8. The Bertz CT molecular complexity index is 567. The third-order valence-corrected chi connectivity index (χ3v) is 4.00. The number of aryl methyl sites for hydroxylation is 1. The molecule has 0 fully saturated rings. The molecule has 1 rings (SSSR count). The fourth-order valence-electron chi connectivity index (χ4n) is 1.31. The lowest BCUT2D eigenvalue weighted by atomic mass is 10.1. The van der Waals surface area contributed by atoms with E-state index in [-0.39, 0.29) is 0 Å². The summed E-state index contributed by atoms with van der Waals surface area (Å²) in [5.41, 5.74) is 1.87. The van der Waals surface area contributed by atoms with E-state index in [1.165, 1.54) is 18.9 Å². The van der Waals surface area contributed by atoms with Gasteiger partial charge in [0.15, 0.2) is 11.4 Å². The van der Waals surface area contributed by atoms with Gasteiger partial charge in [-0.15, -0.1) is 0 Å². The largest absolute Gasteiger partial charge is 0.465 e. The van der Waals surface area contributed by atoms with Crippen molar-refractivity contribution in [1.29, 1.82) is 5.26 Å². The van der Waals surface area contributed by atoms with Gasteiger partial charge < -0.3 is 4.74 Å². The maximum atomic E-state index is 11.7. The fourth-order valence-corrected chi connectivity index (χ4v) is 2.12. The van der Waals surface area contributed by atoms with Crippen LogP contribution in [0.25, 0.3) is 0 Å². The molecule has 0 spiro atoms. The van der Waals surface area contributed by atoms with Crippen LogP contribution < -0.4 is 5.32 Å². The van der Waals surface area contributed by atoms with E-state index in [1.807, 2.05) is 13.1 Å². The summed E-state index contributed by atoms with van der Waals surface area (Å²) in [5, 5.41) is 11.5. The van der Waals surface area contributed by atoms with E-state index in [0.29, 0.717) is 16.4 Å². The molecule has 0 unspecified atom stereocenters. The quantitative estimate of drug-likeness (QED) is 0.210. The van der Waals surface area contributed by atoms with Gasteiger partial charge in [0.2, 0.25) is 0 Å². The number of hydrogen-bond acceptors (Lipinski definition) is 5. The van der Waals surface area contributed by atoms with Crippen molar-refractivity contribution in [1.82, 2.24) is 5.32 Å². The van der Waals surface area contributed by atoms with Gasteiger partial charge in [-0.2, -0.15) is 5.26 Å². The average molecular weight is 389 g/mol. The standard InChI is InChI=1S/C12H12IN3O2S/c1-7-4-10(16-12(19-3)15-6-14)8(5-9(7)13)11(17)18-2/h4-5H,1-3H3,(H,15,16). The molecule has 0 aliphatic heterocycles. The SMILES string of the molecule is COC(=O)c1cc(I)c(C)cc1N=C(NC#N)SC. The highest BCUT2D eigenvalue weighted by molar-refractivity contribution is 14.1. The first-order chi connectivity index (χ1) is 9.03. The molecular weight excluding hydrogens is 377 g/mol. The number of methoxy groups -OCH3 is 1. The van der Waals surface area contributed by atoms with E-state index in [2.05, 4.69) is 32.9 Å². The number of rotatable bonds is 2. The Labute approximate surface area is 129 Å². The summed E-state index contributed by atoms with van der Waals surface area (Å²) in [6, 6.07) is 3.52. The lowest BCUT2D eigenvalue weighted by Gasteiger charge is -2.08. The Balaban J connectivity index is 3.36. The van der Waals surface area contributed by atoms with Crippen LogP contribution in [0.3, 0.4) is 0 Å². The molecule has 100 valence electrons. The molecule has 0 aliphatic carbocycles. The number of esters is 1. The van der Waals surface area contributed by atoms with Crippen LogP contribution >= 0.6 is 34.4 Å². The smallest absolute Gasteiger partial charge is 0.340 e. The predicted molar refractivity (Wildman–Crippen MR) is 84.6 cm³/mol. The Morgan fingerprint density at radius 3 is 2.79 bits per heavy atom. The highest BCUT2D eigenvalue weighted by Gasteiger charge is 2.14. The summed E-state index contributed by atoms with van der Waals surface area (Å²) >= 11 is 3.44. The van der Waals surface area contributed by atoms with Gasteiger partial charge in [0.05, 0.1) is 18.4 Å². The molecule has 1 aromatic rings. The Kier molecular flexibility index (Phi) is 6.11. The molecule has 0 bridgehead atoms. The molecule has 7 heteroatoms. The molecule has 0 saturated carbocycles. The summed E-state index contributed by atoms with van der Waals surface area (Å²) in [6.07, 6.45) is 3.60. The molecule has 5 nitrogen and oxygen atoms in total. The van der Waals surface area contributed by atoms with Gasteiger partial charge in [0, 0.05) is 3.57 Å². The van der Waals surface area contributed by atoms with Gasteiger partial charge in [-0.1, -0.05) is 11.8 Å². The van der Waals surface area contributed by atoms with Crippen molar-refractivity contribution in [3.8, 4) is 6.19 Å². The topological polar surface area (TPSA) is 74.5 Å². The molecule has 1 N–H and O–H groups in total. The summed E-state index contributed by atoms with van der Waals surface area (Å²) in [6.45, 7) is 1.93. The molecule has 0 atom stereocenters. The number of nitrogens with one attached hydrogen (secondary N) is 1. The third kappa shape index (κ3) is 4.11. The summed E-state index contributed by atoms with van der Waals surface area (Å²) < 4.78 is 5.70. The third-order valence-electron chi connectivity index (χ3n) is 2.26. The number of halogens is 1. The second-order valence-corrected chi connectivity index (χ2v) is 5.43. The van der Waals surface area contributed by atoms with Crippen LogP contribution in [0.2, 0.25) is 0 Å². The Morgan fingerprint density at radius 2 is 2.26 bits per heavy atom. The van der Waals surface area contributed by atoms with Crippen molar-refractivity contribution in [2.24, 2.45) is 4.99 Å². The van der Waals surface area contributed by atoms with Crippen molar-refractivity contribution in [3.05, 3.63) is 26.8 Å². The zero-order valence-electron chi connectivity index (χ0n) is 10.7. The second-order valence-electron chi connectivity index (χ2n) is 3.47. The van der Waals surface area contributed by atoms with E-state index in [1.54, 1.807) is 18.4 Å². The Hall–Kier alpha value is -1.27. The van der Waals surface area contributed by atoms with E-state index in [9.17, 15) is 4.79 Å². The number of thioether (sulfide) groups is 1. The van der Waals surface area contributed by atoms with Crippen LogP contribution in [0.4, 0.5) is 5.69 Å². The number of amidine groups is 1. The van der Waals surface area contributed by atoms with Crippen molar-refractivity contribution in [2.75, 3.05) is 13.4 Å². The number of carbonyl (C=O) groups is 1. The maximum absolute atomic E-state index is 11.7. The van der Waals surface area contributed by atoms with Crippen molar-refractivity contribution in [3.63, 3.8) is 0 Å². The van der Waals surface area contributed by atoms with Crippen LogP contribution in [0.1, 0.15) is 15.9 Å². The van der Waals surface area contributed by atoms with Crippen molar-refractivity contribution < 1.29 is 9.53 Å². The number of nitriles is 1. The van der Waals surface area contributed by atoms with E-state index >= 15 is 0 Å². The van der Waals surface area contributed by atoms with Crippen molar-refractivity contribution >= 4 is 51.2 Å². The molecule has 0 amide bonds. The molecule has 0 heterocycles. The monoisotopic (exact) mass is 389 g/mol. The molecule has 0 aromatic heterocycles. The van der Waals surface area contributed by atoms with Gasteiger partial charge in [0.25, 0.3) is 0 Å². The highest BCUT2D eigenvalue weighted by atomic mass is 127. The number of aliphatic imine (C=N–C) groups is 1. The first-order valence-corrected chi connectivity index (χ1v) is 7.50. The lowest BCUT2D eigenvalue weighted by Crippen LogP contribution is -2.13. The van der Waals surface area contributed by atoms with Crippen LogP contribution in [-0.4, -0.2) is 24.5 Å². The number of nitrogens with zero attached hydrogens (tertiary/aromatic N) is 2. The summed E-state index contributed by atoms with van der Waals surface area (Å²) in [7, 11) is 1.32. The number of ether oxygens (including phenoxy) is 1. The van der Waals surface area contributed by atoms with Gasteiger partial charge >= 0.3 is 5.97 Å². The zero-order chi connectivity index (χ0) is 14.4. The minimum atomic E-state index is -0.450. The van der Waals surface area contributed by atoms with Crippen LogP contribution in [0.5, 0.6) is 0 Å². The molecule has 0 saturated heterocycles. The number of benzene rings is 1. The van der Waals surface area contributed by atoms with Crippen LogP contribution in [-0.2, 0) is 4.74 Å². The minimum Gasteiger partial charge on any atom is -0.465 e. The number of carbonyl (C=O) groups excluding carboxylic acids is 1. The normalized spacial score (nSPS) is 10.8. The van der Waals surface area contributed by atoms with E-state index in [4.69, 9.17) is 10.00 Å². The number of hydrogen-bond donors (Lipinski definition) is 1. The van der Waals surface area contributed by atoms with Crippen molar-refractivity contribution in [2.45, 2.75) is 6.92 Å². The van der Waals surface area contributed by atoms with Crippen LogP contribution in [0.15, 0.2) is 17.1 Å². The molecule has 1 aromatic carbocycles. The predicted octanol–water partition coefficient (Wildman–Crippen LogP) is 2.81. The highest BCUT2D eigenvalue weighted by Crippen LogP contribution is 2.26. The Morgan fingerprint density at radius 1 is 1.58 bits per heavy atom. The van der Waals surface area contributed by atoms with Gasteiger partial charge in [0.1, 0.15) is 0 Å². The van der Waals surface area contributed by atoms with Gasteiger partial charge in [-0.25, -0.2) is 9.79 Å². The van der Waals surface area contributed by atoms with E-state index < -0.39 is 5.97 Å². The molecular formula is C12H12IN3O2S. The zero-order valence-corrected chi connectivity index (χ0v) is 13.6. The summed E-state index contributed by atoms with van der Waals surface area (Å²) in [5.74, 6) is -0.450. The van der Waals surface area contributed by atoms with Gasteiger partial charge in [-0.3, -0.25) is 5.32 Å². The first-order valence-electron chi connectivity index (χ1n) is 5.19. The molecule has 19 heavy (non-hydrogen) atoms. The second kappa shape index (κ2) is 7.35. The minimum absolute atomic E-state index is 0.379. The fraction of sp³-hybridized carbons (Fsp3) is 0.250. The average Bonchev–Trinajstić information content (AvgIpc) is 2.41. The molecule has 0 aliphatic rings. The van der Waals surface area contributed by atoms with Gasteiger partial charge in [-0.05, 0) is 53.5 Å². The van der Waals surface area contributed by atoms with E-state index in [0.717, 1.165) is 9.13 Å². The maximum Gasteiger partial charge on any atom is 0.340 e. The van der Waals surface area contributed by atoms with Crippen LogP contribution in [0, 0.1) is 21.9 Å². The lowest BCUT2D eigenvalue weighted by molar-refractivity contribution is 0.0601.